The van der Waals surface area contributed by atoms with Gasteiger partial charge in [0.25, 0.3) is 0 Å². The fourth-order valence-electron chi connectivity index (χ4n) is 3.00. The third-order valence-electron chi connectivity index (χ3n) is 4.41. The summed E-state index contributed by atoms with van der Waals surface area (Å²) in [6, 6.07) is 7.94. The lowest BCUT2D eigenvalue weighted by Gasteiger charge is -2.04. The van der Waals surface area contributed by atoms with Gasteiger partial charge in [0.2, 0.25) is 0 Å². The first kappa shape index (κ1) is 22.6. The number of hydrogen-bond donors (Lipinski definition) is 6. The normalized spacial score (nSPS) is 10.6. The van der Waals surface area contributed by atoms with Crippen LogP contribution in [-0.4, -0.2) is 42.3 Å². The van der Waals surface area contributed by atoms with Crippen molar-refractivity contribution in [3.8, 4) is 11.5 Å². The molecule has 4 rings (SSSR count). The second-order valence-electron chi connectivity index (χ2n) is 6.76. The molecule has 0 bridgehead atoms. The molecule has 0 aliphatic carbocycles. The van der Waals surface area contributed by atoms with Crippen molar-refractivity contribution in [2.45, 2.75) is 6.92 Å². The van der Waals surface area contributed by atoms with Gasteiger partial charge in [0.15, 0.2) is 10.9 Å². The number of rotatable bonds is 2. The molecule has 6 N–H and O–H groups in total. The minimum atomic E-state index is -1.25. The molecule has 11 heteroatoms. The lowest BCUT2D eigenvalue weighted by Crippen LogP contribution is -2.09. The number of aromatic carboxylic acids is 2. The van der Waals surface area contributed by atoms with Crippen molar-refractivity contribution in [3.05, 3.63) is 78.3 Å². The molecule has 0 aliphatic heterocycles. The number of halogens is 1. The Bertz CT molecular complexity index is 1410. The molecular formula is C21H15BrN2O8. The van der Waals surface area contributed by atoms with Crippen LogP contribution in [-0.2, 0) is 0 Å². The number of aromatic hydroxyl groups is 2. The van der Waals surface area contributed by atoms with E-state index in [0.29, 0.717) is 4.47 Å². The third-order valence-corrected chi connectivity index (χ3v) is 4.86. The molecule has 164 valence electrons. The first-order valence-corrected chi connectivity index (χ1v) is 9.66. The van der Waals surface area contributed by atoms with Crippen molar-refractivity contribution in [1.82, 2.24) is 9.97 Å². The lowest BCUT2D eigenvalue weighted by molar-refractivity contribution is 0.0680. The first-order valence-electron chi connectivity index (χ1n) is 8.86. The van der Waals surface area contributed by atoms with E-state index in [0.717, 1.165) is 17.7 Å². The molecule has 0 fully saturated rings. The maximum atomic E-state index is 11.6. The minimum Gasteiger partial charge on any atom is -0.506 e. The highest BCUT2D eigenvalue weighted by molar-refractivity contribution is 9.10. The van der Waals surface area contributed by atoms with Crippen molar-refractivity contribution < 1.29 is 30.0 Å². The number of aromatic amines is 2. The van der Waals surface area contributed by atoms with Crippen molar-refractivity contribution in [3.63, 3.8) is 0 Å². The summed E-state index contributed by atoms with van der Waals surface area (Å²) in [5.74, 6) is -2.79. The van der Waals surface area contributed by atoms with Crippen LogP contribution in [0, 0.1) is 6.92 Å². The molecule has 0 spiro atoms. The fraction of sp³-hybridized carbons (Fsp3) is 0.0476. The molecule has 2 heterocycles. The summed E-state index contributed by atoms with van der Waals surface area (Å²) in [5, 5.41) is 37.2. The van der Waals surface area contributed by atoms with Gasteiger partial charge < -0.3 is 30.4 Å². The standard InChI is InChI=1S/C11H9NO4.C10H6BrNO4/c1-5-2-6-8(13)4-7(11(15)16)12-10(6)9(14)3-5;11-4-1-5-7(13)3-6(10(15)16)12-9(5)8(14)2-4/h2-4,14H,1H3,(H,12,13)(H,15,16);1-3,14H,(H,12,13)(H,15,16). The van der Waals surface area contributed by atoms with E-state index < -0.39 is 22.8 Å². The molecule has 0 unspecified atom stereocenters. The Morgan fingerprint density at radius 3 is 1.66 bits per heavy atom. The average molecular weight is 503 g/mol. The zero-order valence-corrected chi connectivity index (χ0v) is 17.8. The molecule has 0 aliphatic rings. The Morgan fingerprint density at radius 1 is 0.750 bits per heavy atom. The second kappa shape index (κ2) is 8.55. The van der Waals surface area contributed by atoms with Crippen molar-refractivity contribution in [1.29, 1.82) is 0 Å². The highest BCUT2D eigenvalue weighted by Crippen LogP contribution is 2.26. The van der Waals surface area contributed by atoms with Crippen molar-refractivity contribution in [2.75, 3.05) is 0 Å². The number of benzene rings is 2. The van der Waals surface area contributed by atoms with E-state index in [-0.39, 0.29) is 44.7 Å². The van der Waals surface area contributed by atoms with Gasteiger partial charge in [-0.05, 0) is 36.8 Å². The van der Waals surface area contributed by atoms with Gasteiger partial charge in [0, 0.05) is 22.0 Å². The Kier molecular flexibility index (Phi) is 6.03. The summed E-state index contributed by atoms with van der Waals surface area (Å²) in [4.78, 5) is 49.6. The Balaban J connectivity index is 0.000000181. The zero-order valence-electron chi connectivity index (χ0n) is 16.3. The maximum Gasteiger partial charge on any atom is 0.352 e. The highest BCUT2D eigenvalue weighted by Gasteiger charge is 2.12. The molecule has 10 nitrogen and oxygen atoms in total. The molecule has 0 saturated heterocycles. The Hall–Kier alpha value is -4.12. The van der Waals surface area contributed by atoms with Gasteiger partial charge in [-0.1, -0.05) is 15.9 Å². The maximum absolute atomic E-state index is 11.6. The van der Waals surface area contributed by atoms with Crippen LogP contribution in [0.4, 0.5) is 0 Å². The zero-order chi connectivity index (χ0) is 23.7. The van der Waals surface area contributed by atoms with Crippen LogP contribution in [0.5, 0.6) is 11.5 Å². The number of phenols is 2. The second-order valence-corrected chi connectivity index (χ2v) is 7.67. The third kappa shape index (κ3) is 4.47. The monoisotopic (exact) mass is 502 g/mol. The number of pyridine rings is 2. The summed E-state index contributed by atoms with van der Waals surface area (Å²) < 4.78 is 0.547. The van der Waals surface area contributed by atoms with Crippen LogP contribution in [0.2, 0.25) is 0 Å². The van der Waals surface area contributed by atoms with Crippen LogP contribution >= 0.6 is 15.9 Å². The summed E-state index contributed by atoms with van der Waals surface area (Å²) in [5.41, 5.74) is -0.373. The van der Waals surface area contributed by atoms with Gasteiger partial charge in [-0.2, -0.15) is 0 Å². The van der Waals surface area contributed by atoms with Gasteiger partial charge in [-0.15, -0.1) is 0 Å². The van der Waals surface area contributed by atoms with Crippen LogP contribution in [0.1, 0.15) is 26.5 Å². The molecule has 0 amide bonds. The summed E-state index contributed by atoms with van der Waals surface area (Å²) in [7, 11) is 0. The Labute approximate surface area is 186 Å². The molecule has 2 aromatic carbocycles. The minimum absolute atomic E-state index is 0.119. The van der Waals surface area contributed by atoms with E-state index in [1.807, 2.05) is 0 Å². The lowest BCUT2D eigenvalue weighted by atomic mass is 10.1. The number of carboxylic acids is 2. The molecule has 0 radical (unpaired) electrons. The number of carbonyl (C=O) groups is 2. The molecular weight excluding hydrogens is 488 g/mol. The summed E-state index contributed by atoms with van der Waals surface area (Å²) >= 11 is 3.14. The topological polar surface area (TPSA) is 181 Å². The number of aryl methyl sites for hydroxylation is 1. The number of aromatic nitrogens is 2. The van der Waals surface area contributed by atoms with Crippen molar-refractivity contribution >= 4 is 49.7 Å². The molecule has 0 saturated carbocycles. The van der Waals surface area contributed by atoms with Crippen LogP contribution in [0.3, 0.4) is 0 Å². The van der Waals surface area contributed by atoms with Crippen LogP contribution < -0.4 is 10.9 Å². The van der Waals surface area contributed by atoms with Crippen LogP contribution in [0.15, 0.2) is 50.5 Å². The fourth-order valence-corrected chi connectivity index (χ4v) is 3.45. The number of nitrogens with one attached hydrogen (secondary N) is 2. The van der Waals surface area contributed by atoms with E-state index >= 15 is 0 Å². The number of hydrogen-bond acceptors (Lipinski definition) is 6. The largest absolute Gasteiger partial charge is 0.506 e. The molecule has 32 heavy (non-hydrogen) atoms. The number of carboxylic acid groups (broad SMARTS) is 2. The van der Waals surface area contributed by atoms with E-state index in [1.165, 1.54) is 18.2 Å². The van der Waals surface area contributed by atoms with E-state index in [2.05, 4.69) is 25.9 Å². The molecule has 2 aromatic heterocycles. The van der Waals surface area contributed by atoms with Gasteiger partial charge in [0.05, 0.1) is 16.4 Å². The Morgan fingerprint density at radius 2 is 1.19 bits per heavy atom. The highest BCUT2D eigenvalue weighted by atomic mass is 79.9. The van der Waals surface area contributed by atoms with Gasteiger partial charge in [0.1, 0.15) is 22.9 Å². The van der Waals surface area contributed by atoms with E-state index in [1.54, 1.807) is 13.0 Å². The SMILES string of the molecule is Cc1cc(O)c2[nH]c(C(=O)O)cc(=O)c2c1.O=C(O)c1cc(=O)c2cc(Br)cc(O)c2[nH]1. The average Bonchev–Trinajstić information content (AvgIpc) is 2.69. The number of fused-ring (bicyclic) bond motifs is 2. The quantitative estimate of drug-likeness (QED) is 0.241. The first-order chi connectivity index (χ1) is 15.0. The van der Waals surface area contributed by atoms with E-state index in [9.17, 15) is 29.4 Å². The predicted octanol–water partition coefficient (Wildman–Crippen LogP) is 2.93. The molecule has 0 atom stereocenters. The van der Waals surface area contributed by atoms with E-state index in [4.69, 9.17) is 10.2 Å². The number of H-pyrrole nitrogens is 2. The number of phenolic OH excluding ortho intramolecular Hbond substituents is 2. The van der Waals surface area contributed by atoms with Gasteiger partial charge >= 0.3 is 11.9 Å². The van der Waals surface area contributed by atoms with Gasteiger partial charge in [-0.3, -0.25) is 9.59 Å². The van der Waals surface area contributed by atoms with Gasteiger partial charge in [-0.25, -0.2) is 9.59 Å². The summed E-state index contributed by atoms with van der Waals surface area (Å²) in [6.07, 6.45) is 0. The smallest absolute Gasteiger partial charge is 0.352 e. The van der Waals surface area contributed by atoms with Crippen LogP contribution in [0.25, 0.3) is 21.8 Å². The molecule has 4 aromatic rings. The predicted molar refractivity (Wildman–Crippen MR) is 119 cm³/mol. The van der Waals surface area contributed by atoms with Crippen molar-refractivity contribution in [2.24, 2.45) is 0 Å². The summed E-state index contributed by atoms with van der Waals surface area (Å²) in [6.45, 7) is 1.74.